The van der Waals surface area contributed by atoms with E-state index in [-0.39, 0.29) is 25.3 Å². The summed E-state index contributed by atoms with van der Waals surface area (Å²) in [4.78, 5) is 92.8. The first-order chi connectivity index (χ1) is 34.0. The van der Waals surface area contributed by atoms with Gasteiger partial charge in [-0.15, -0.1) is 0 Å². The lowest BCUT2D eigenvalue weighted by Gasteiger charge is -2.37. The largest absolute Gasteiger partial charge is 0.508 e. The van der Waals surface area contributed by atoms with Crippen LogP contribution in [0.2, 0.25) is 0 Å². The van der Waals surface area contributed by atoms with Gasteiger partial charge in [0.2, 0.25) is 23.6 Å². The van der Waals surface area contributed by atoms with E-state index in [4.69, 9.17) is 4.74 Å². The third kappa shape index (κ3) is 9.66. The molecule has 2 aromatic heterocycles. The van der Waals surface area contributed by atoms with Crippen LogP contribution in [-0.2, 0) is 65.9 Å². The number of cyclic esters (lactones) is 1. The van der Waals surface area contributed by atoms with E-state index in [0.717, 1.165) is 55.7 Å². The van der Waals surface area contributed by atoms with Crippen molar-refractivity contribution >= 4 is 46.4 Å². The molecular weight excluding hydrogens is 901 g/mol. The quantitative estimate of drug-likeness (QED) is 0.0874. The minimum atomic E-state index is -1.23. The number of carbonyl (C=O) groups is 6. The van der Waals surface area contributed by atoms with Gasteiger partial charge in [0.15, 0.2) is 0 Å². The summed E-state index contributed by atoms with van der Waals surface area (Å²) >= 11 is 0. The SMILES string of the molecule is CCc1ccncc1-c1c2c3cc(ccc3n1CC)-c1cc(O)cc(c1)C[C@H](NC(=O)[C@H](C(C)C)N(C)C(=O)CN1C(=O)[C@@H]3[C@H](C1=O)N3Cc1ccccc1)C(=O)N1CCC[C@H](N1)C(=O)OCC(C)(C)C2. The fourth-order valence-corrected chi connectivity index (χ4v) is 10.9. The van der Waals surface area contributed by atoms with Gasteiger partial charge in [-0.25, -0.2) is 5.43 Å². The molecule has 6 atom stereocenters. The number of imide groups is 1. The lowest BCUT2D eigenvalue weighted by atomic mass is 9.84. The number of piperazine rings is 1. The lowest BCUT2D eigenvalue weighted by molar-refractivity contribution is -0.156. The Kier molecular flexibility index (Phi) is 13.6. The molecule has 4 aliphatic heterocycles. The Bertz CT molecular complexity index is 2890. The second kappa shape index (κ2) is 19.7. The molecule has 0 radical (unpaired) electrons. The number of fused-ring (bicyclic) bond motifs is 7. The topological polar surface area (TPSA) is 186 Å². The van der Waals surface area contributed by atoms with E-state index in [1.807, 2.05) is 59.8 Å². The molecule has 6 heterocycles. The molecule has 3 fully saturated rings. The first kappa shape index (κ1) is 49.1. The van der Waals surface area contributed by atoms with Gasteiger partial charge in [0.05, 0.1) is 12.3 Å². The van der Waals surface area contributed by atoms with Crippen molar-refractivity contribution in [3.63, 3.8) is 0 Å². The molecule has 372 valence electrons. The van der Waals surface area contributed by atoms with Gasteiger partial charge in [-0.3, -0.25) is 48.6 Å². The average Bonchev–Trinajstić information content (AvgIpc) is 3.90. The minimum Gasteiger partial charge on any atom is -0.508 e. The van der Waals surface area contributed by atoms with Gasteiger partial charge in [0, 0.05) is 67.4 Å². The summed E-state index contributed by atoms with van der Waals surface area (Å²) in [5.41, 5.74) is 11.0. The number of carbonyl (C=O) groups excluding carboxylic acids is 6. The number of nitrogens with zero attached hydrogens (tertiary/aromatic N) is 6. The molecule has 16 heteroatoms. The number of hydrazine groups is 1. The molecule has 0 aliphatic carbocycles. The molecule has 3 saturated heterocycles. The molecule has 6 bridgehead atoms. The van der Waals surface area contributed by atoms with Crippen LogP contribution in [0.25, 0.3) is 33.3 Å². The van der Waals surface area contributed by atoms with Crippen LogP contribution in [0.3, 0.4) is 0 Å². The number of aryl methyl sites for hydroxylation is 2. The number of likely N-dealkylation sites (N-methyl/N-ethyl adjacent to an activating group) is 1. The van der Waals surface area contributed by atoms with Crippen LogP contribution in [0.5, 0.6) is 5.75 Å². The van der Waals surface area contributed by atoms with Gasteiger partial charge < -0.3 is 24.6 Å². The van der Waals surface area contributed by atoms with Crippen molar-refractivity contribution in [3.05, 3.63) is 107 Å². The smallest absolute Gasteiger partial charge is 0.324 e. The Morgan fingerprint density at radius 2 is 1.70 bits per heavy atom. The van der Waals surface area contributed by atoms with Crippen molar-refractivity contribution in [2.75, 3.05) is 26.7 Å². The first-order valence-electron chi connectivity index (χ1n) is 24.8. The van der Waals surface area contributed by atoms with Crippen LogP contribution in [0.4, 0.5) is 0 Å². The van der Waals surface area contributed by atoms with Gasteiger partial charge in [-0.1, -0.05) is 77.1 Å². The molecule has 0 spiro atoms. The number of phenolic OH excluding ortho intramolecular Hbond substituents is 1. The standard InChI is InChI=1S/C55H64N8O8/c1-8-35-19-20-56-28-41(35)47-40-27-55(5,6)31-71-54(70)42-16-13-21-63(58-42)51(67)43(24-34-22-37(25-38(64)23-34)36-17-18-44(39(40)26-36)60(47)9-2)57-50(66)46(32(3)4)59(7)45(65)30-62-52(68)48-49(53(62)69)61(48)29-33-14-11-10-12-15-33/h10-12,14-15,17-20,22-23,25-26,28,32,42-43,46,48-49,58,64H,8-9,13,16,21,24,27,29-31H2,1-7H3,(H,57,66)/t42-,43-,46-,48-,49+,61?/m0/s1. The lowest BCUT2D eigenvalue weighted by Crippen LogP contribution is -2.62. The number of likely N-dealkylation sites (tertiary alicyclic amines) is 1. The van der Waals surface area contributed by atoms with Gasteiger partial charge in [-0.05, 0) is 102 Å². The Balaban J connectivity index is 1.03. The van der Waals surface area contributed by atoms with Crippen molar-refractivity contribution in [2.24, 2.45) is 11.3 Å². The van der Waals surface area contributed by atoms with E-state index in [2.05, 4.69) is 66.2 Å². The molecule has 9 rings (SSSR count). The maximum atomic E-state index is 14.8. The average molecular weight is 965 g/mol. The van der Waals surface area contributed by atoms with E-state index in [1.54, 1.807) is 26.0 Å². The summed E-state index contributed by atoms with van der Waals surface area (Å²) in [5.74, 6) is -3.64. The second-order valence-corrected chi connectivity index (χ2v) is 20.6. The summed E-state index contributed by atoms with van der Waals surface area (Å²) in [6.45, 7) is 12.9. The van der Waals surface area contributed by atoms with Crippen molar-refractivity contribution < 1.29 is 38.6 Å². The van der Waals surface area contributed by atoms with Crippen molar-refractivity contribution in [1.29, 1.82) is 0 Å². The van der Waals surface area contributed by atoms with E-state index in [0.29, 0.717) is 43.5 Å². The Morgan fingerprint density at radius 1 is 0.958 bits per heavy atom. The maximum Gasteiger partial charge on any atom is 0.324 e. The molecule has 4 aliphatic rings. The maximum absolute atomic E-state index is 14.8. The first-order valence-corrected chi connectivity index (χ1v) is 24.8. The van der Waals surface area contributed by atoms with Gasteiger partial charge >= 0.3 is 5.97 Å². The molecule has 1 unspecified atom stereocenters. The summed E-state index contributed by atoms with van der Waals surface area (Å²) < 4.78 is 8.41. The van der Waals surface area contributed by atoms with Crippen molar-refractivity contribution in [3.8, 4) is 28.1 Å². The molecule has 71 heavy (non-hydrogen) atoms. The number of phenols is 1. The molecule has 0 saturated carbocycles. The number of nitrogens with one attached hydrogen (secondary N) is 2. The van der Waals surface area contributed by atoms with Crippen LogP contribution in [0.15, 0.2) is 85.2 Å². The number of amides is 5. The van der Waals surface area contributed by atoms with Crippen LogP contribution in [-0.4, -0.2) is 127 Å². The van der Waals surface area contributed by atoms with Gasteiger partial charge in [-0.2, -0.15) is 0 Å². The predicted octanol–water partition coefficient (Wildman–Crippen LogP) is 5.41. The Labute approximate surface area is 414 Å². The van der Waals surface area contributed by atoms with Crippen LogP contribution in [0, 0.1) is 11.3 Å². The fraction of sp³-hybridized carbons (Fsp3) is 0.436. The molecule has 3 aromatic carbocycles. The van der Waals surface area contributed by atoms with E-state index < -0.39 is 83.6 Å². The number of rotatable bonds is 11. The highest BCUT2D eigenvalue weighted by molar-refractivity contribution is 6.14. The molecule has 5 amide bonds. The molecule has 16 nitrogen and oxygen atoms in total. The second-order valence-electron chi connectivity index (χ2n) is 20.6. The number of hydrogen-bond donors (Lipinski definition) is 3. The monoisotopic (exact) mass is 964 g/mol. The highest BCUT2D eigenvalue weighted by Gasteiger charge is 2.66. The predicted molar refractivity (Wildman–Crippen MR) is 267 cm³/mol. The van der Waals surface area contributed by atoms with E-state index in [9.17, 15) is 33.9 Å². The van der Waals surface area contributed by atoms with E-state index in [1.165, 1.54) is 17.0 Å². The number of aromatic hydroxyl groups is 1. The van der Waals surface area contributed by atoms with Crippen LogP contribution in [0.1, 0.15) is 76.6 Å². The highest BCUT2D eigenvalue weighted by atomic mass is 16.5. The van der Waals surface area contributed by atoms with Crippen molar-refractivity contribution in [2.45, 2.75) is 117 Å². The third-order valence-corrected chi connectivity index (χ3v) is 14.6. The molecule has 3 N–H and O–H groups in total. The summed E-state index contributed by atoms with van der Waals surface area (Å²) in [7, 11) is 1.45. The summed E-state index contributed by atoms with van der Waals surface area (Å²) in [6, 6.07) is 18.5. The number of esters is 1. The van der Waals surface area contributed by atoms with Crippen molar-refractivity contribution in [1.82, 2.24) is 40.0 Å². The molecule has 5 aromatic rings. The van der Waals surface area contributed by atoms with Crippen LogP contribution >= 0.6 is 0 Å². The zero-order valence-corrected chi connectivity index (χ0v) is 41.6. The number of pyridine rings is 1. The zero-order chi connectivity index (χ0) is 50.5. The van der Waals surface area contributed by atoms with Gasteiger partial charge in [0.1, 0.15) is 42.5 Å². The number of ether oxygens (including phenoxy) is 1. The summed E-state index contributed by atoms with van der Waals surface area (Å²) in [5, 5.41) is 16.7. The summed E-state index contributed by atoms with van der Waals surface area (Å²) in [6.07, 6.45) is 5.96. The van der Waals surface area contributed by atoms with E-state index >= 15 is 0 Å². The number of benzene rings is 3. The Hall–Kier alpha value is -6.91. The van der Waals surface area contributed by atoms with Gasteiger partial charge in [0.25, 0.3) is 5.91 Å². The normalized spacial score (nSPS) is 22.5. The number of hydrogen-bond acceptors (Lipinski definition) is 11. The zero-order valence-electron chi connectivity index (χ0n) is 41.6. The third-order valence-electron chi connectivity index (χ3n) is 14.6. The Morgan fingerprint density at radius 3 is 2.41 bits per heavy atom. The highest BCUT2D eigenvalue weighted by Crippen LogP contribution is 2.42. The molecular formula is C55H64N8O8. The fourth-order valence-electron chi connectivity index (χ4n) is 10.9. The number of aromatic nitrogens is 2. The van der Waals surface area contributed by atoms with Crippen LogP contribution < -0.4 is 10.7 Å². The minimum absolute atomic E-state index is 0.0308.